The van der Waals surface area contributed by atoms with Crippen LogP contribution in [0.1, 0.15) is 59.6 Å². The van der Waals surface area contributed by atoms with Crippen LogP contribution in [0.5, 0.6) is 0 Å². The monoisotopic (exact) mass is 368 g/mol. The normalized spacial score (nSPS) is 22.4. The van der Waals surface area contributed by atoms with Crippen LogP contribution in [0.4, 0.5) is 0 Å². The Morgan fingerprint density at radius 3 is 1.74 bits per heavy atom. The van der Waals surface area contributed by atoms with Gasteiger partial charge in [-0.15, -0.1) is 0 Å². The predicted molar refractivity (Wildman–Crippen MR) is 104 cm³/mol. The van der Waals surface area contributed by atoms with Crippen molar-refractivity contribution in [2.45, 2.75) is 38.5 Å². The van der Waals surface area contributed by atoms with E-state index in [1.54, 1.807) is 12.4 Å². The highest BCUT2D eigenvalue weighted by Crippen LogP contribution is 2.16. The van der Waals surface area contributed by atoms with Gasteiger partial charge in [0.05, 0.1) is 0 Å². The van der Waals surface area contributed by atoms with Gasteiger partial charge in [-0.25, -0.2) is 10.9 Å². The van der Waals surface area contributed by atoms with Crippen molar-refractivity contribution in [2.75, 3.05) is 0 Å². The lowest BCUT2D eigenvalue weighted by molar-refractivity contribution is 0.0902. The van der Waals surface area contributed by atoms with Gasteiger partial charge < -0.3 is 4.42 Å². The number of carbonyl (C=O) groups is 2. The van der Waals surface area contributed by atoms with Gasteiger partial charge >= 0.3 is 11.8 Å². The number of carbonyl (C=O) groups excluding carboxylic acids is 2. The molecule has 0 aliphatic heterocycles. The third-order valence-electron chi connectivity index (χ3n) is 4.58. The summed E-state index contributed by atoms with van der Waals surface area (Å²) in [4.78, 5) is 24.1. The van der Waals surface area contributed by atoms with Gasteiger partial charge in [-0.3, -0.25) is 9.59 Å². The third kappa shape index (κ3) is 5.77. The summed E-state index contributed by atoms with van der Waals surface area (Å²) in [6, 6.07) is 2.89. The lowest BCUT2D eigenvalue weighted by Gasteiger charge is -2.11. The van der Waals surface area contributed by atoms with E-state index in [9.17, 15) is 9.59 Å². The summed E-state index contributed by atoms with van der Waals surface area (Å²) < 4.78 is 5.30. The Morgan fingerprint density at radius 1 is 0.852 bits per heavy atom. The molecule has 27 heavy (non-hydrogen) atoms. The fourth-order valence-corrected chi connectivity index (χ4v) is 3.00. The second-order valence-corrected chi connectivity index (χ2v) is 6.69. The number of nitrogens with zero attached hydrogens (tertiary/aromatic N) is 2. The fraction of sp³-hybridized carbons (Fsp3) is 0.400. The highest BCUT2D eigenvalue weighted by molar-refractivity contribution is 5.95. The Morgan fingerprint density at radius 2 is 1.33 bits per heavy atom. The molecule has 0 radical (unpaired) electrons. The SMILES string of the molecule is O=C(NN=CC1CC=CCC1)c1ccc(C(=O)NN=CC2CC=CCC2)o1. The highest BCUT2D eigenvalue weighted by Gasteiger charge is 2.15. The summed E-state index contributed by atoms with van der Waals surface area (Å²) in [5, 5.41) is 7.96. The molecule has 2 amide bonds. The number of hydrogen-bond acceptors (Lipinski definition) is 5. The molecule has 0 saturated heterocycles. The second kappa shape index (κ2) is 9.66. The van der Waals surface area contributed by atoms with Gasteiger partial charge in [0, 0.05) is 12.4 Å². The van der Waals surface area contributed by atoms with Crippen LogP contribution >= 0.6 is 0 Å². The van der Waals surface area contributed by atoms with E-state index in [0.717, 1.165) is 38.5 Å². The standard InChI is InChI=1S/C20H24N4O3/c25-19(23-21-13-15-7-3-1-4-8-15)17-11-12-18(27-17)20(26)24-22-14-16-9-5-2-6-10-16/h1-3,5,11-16H,4,6-10H2,(H,23,25)(H,24,26). The van der Waals surface area contributed by atoms with E-state index in [1.165, 1.54) is 12.1 Å². The van der Waals surface area contributed by atoms with E-state index in [2.05, 4.69) is 45.4 Å². The number of hydrazone groups is 2. The molecular formula is C20H24N4O3. The van der Waals surface area contributed by atoms with Crippen LogP contribution in [0.25, 0.3) is 0 Å². The molecule has 7 heteroatoms. The molecular weight excluding hydrogens is 344 g/mol. The van der Waals surface area contributed by atoms with E-state index in [4.69, 9.17) is 4.42 Å². The largest absolute Gasteiger partial charge is 0.446 e. The third-order valence-corrected chi connectivity index (χ3v) is 4.58. The van der Waals surface area contributed by atoms with Crippen LogP contribution in [0.15, 0.2) is 51.1 Å². The lowest BCUT2D eigenvalue weighted by atomic mass is 9.96. The Bertz CT molecular complexity index is 713. The van der Waals surface area contributed by atoms with Crippen molar-refractivity contribution in [1.82, 2.24) is 10.9 Å². The van der Waals surface area contributed by atoms with Crippen molar-refractivity contribution in [3.8, 4) is 0 Å². The Labute approximate surface area is 158 Å². The number of nitrogens with one attached hydrogen (secondary N) is 2. The Balaban J connectivity index is 1.46. The zero-order valence-electron chi connectivity index (χ0n) is 15.1. The van der Waals surface area contributed by atoms with Crippen LogP contribution < -0.4 is 10.9 Å². The van der Waals surface area contributed by atoms with Crippen LogP contribution in [-0.4, -0.2) is 24.2 Å². The maximum Gasteiger partial charge on any atom is 0.307 e. The summed E-state index contributed by atoms with van der Waals surface area (Å²) in [5.41, 5.74) is 4.86. The zero-order chi connectivity index (χ0) is 18.9. The predicted octanol–water partition coefficient (Wildman–Crippen LogP) is 3.42. The van der Waals surface area contributed by atoms with Gasteiger partial charge in [-0.2, -0.15) is 10.2 Å². The summed E-state index contributed by atoms with van der Waals surface area (Å²) in [6.45, 7) is 0. The van der Waals surface area contributed by atoms with Crippen LogP contribution in [0.2, 0.25) is 0 Å². The minimum absolute atomic E-state index is 0.0298. The molecule has 0 saturated carbocycles. The number of furan rings is 1. The second-order valence-electron chi connectivity index (χ2n) is 6.69. The summed E-state index contributed by atoms with van der Waals surface area (Å²) in [5.74, 6) is -0.246. The van der Waals surface area contributed by atoms with E-state index >= 15 is 0 Å². The number of rotatable bonds is 6. The molecule has 2 N–H and O–H groups in total. The number of allylic oxidation sites excluding steroid dienone is 4. The van der Waals surface area contributed by atoms with Gasteiger partial charge in [0.25, 0.3) is 0 Å². The molecule has 1 aromatic rings. The minimum Gasteiger partial charge on any atom is -0.446 e. The average Bonchev–Trinajstić information content (AvgIpc) is 3.20. The van der Waals surface area contributed by atoms with Crippen molar-refractivity contribution >= 4 is 24.2 Å². The highest BCUT2D eigenvalue weighted by atomic mass is 16.4. The van der Waals surface area contributed by atoms with Gasteiger partial charge in [-0.05, 0) is 62.5 Å². The molecule has 2 aliphatic carbocycles. The smallest absolute Gasteiger partial charge is 0.307 e. The van der Waals surface area contributed by atoms with E-state index in [-0.39, 0.29) is 11.5 Å². The molecule has 7 nitrogen and oxygen atoms in total. The first-order valence-corrected chi connectivity index (χ1v) is 9.29. The molecule has 0 spiro atoms. The van der Waals surface area contributed by atoms with Crippen molar-refractivity contribution in [1.29, 1.82) is 0 Å². The molecule has 2 unspecified atom stereocenters. The molecule has 2 atom stereocenters. The van der Waals surface area contributed by atoms with Crippen molar-refractivity contribution in [3.05, 3.63) is 48.0 Å². The fourth-order valence-electron chi connectivity index (χ4n) is 3.00. The quantitative estimate of drug-likeness (QED) is 0.457. The minimum atomic E-state index is -0.492. The molecule has 3 rings (SSSR count). The van der Waals surface area contributed by atoms with Gasteiger partial charge in [0.15, 0.2) is 11.5 Å². The van der Waals surface area contributed by atoms with Crippen molar-refractivity contribution in [3.63, 3.8) is 0 Å². The zero-order valence-corrected chi connectivity index (χ0v) is 15.1. The first-order chi connectivity index (χ1) is 13.2. The lowest BCUT2D eigenvalue weighted by Crippen LogP contribution is -2.19. The summed E-state index contributed by atoms with van der Waals surface area (Å²) in [6.07, 6.45) is 18.0. The van der Waals surface area contributed by atoms with Crippen LogP contribution in [0, 0.1) is 11.8 Å². The van der Waals surface area contributed by atoms with Gasteiger partial charge in [0.1, 0.15) is 0 Å². The topological polar surface area (TPSA) is 96.1 Å². The van der Waals surface area contributed by atoms with E-state index in [0.29, 0.717) is 11.8 Å². The van der Waals surface area contributed by atoms with E-state index in [1.807, 2.05) is 0 Å². The Hall–Kier alpha value is -2.96. The average molecular weight is 368 g/mol. The molecule has 142 valence electrons. The maximum atomic E-state index is 12.0. The summed E-state index contributed by atoms with van der Waals surface area (Å²) >= 11 is 0. The number of amides is 2. The molecule has 0 aromatic carbocycles. The Kier molecular flexibility index (Phi) is 6.73. The van der Waals surface area contributed by atoms with Crippen LogP contribution in [0.3, 0.4) is 0 Å². The van der Waals surface area contributed by atoms with Crippen molar-refractivity contribution in [2.24, 2.45) is 22.0 Å². The molecule has 0 fully saturated rings. The van der Waals surface area contributed by atoms with Crippen LogP contribution in [-0.2, 0) is 0 Å². The number of hydrogen-bond donors (Lipinski definition) is 2. The van der Waals surface area contributed by atoms with Gasteiger partial charge in [0.2, 0.25) is 0 Å². The first kappa shape index (κ1) is 18.8. The maximum absolute atomic E-state index is 12.0. The van der Waals surface area contributed by atoms with Crippen molar-refractivity contribution < 1.29 is 14.0 Å². The first-order valence-electron chi connectivity index (χ1n) is 9.29. The molecule has 2 aliphatic rings. The summed E-state index contributed by atoms with van der Waals surface area (Å²) in [7, 11) is 0. The van der Waals surface area contributed by atoms with E-state index < -0.39 is 11.8 Å². The van der Waals surface area contributed by atoms with Gasteiger partial charge in [-0.1, -0.05) is 24.3 Å². The molecule has 0 bridgehead atoms. The molecule has 1 heterocycles. The molecule has 1 aromatic heterocycles.